The molecule has 0 aliphatic heterocycles. The highest BCUT2D eigenvalue weighted by molar-refractivity contribution is 5.41. The fourth-order valence-corrected chi connectivity index (χ4v) is 2.53. The molecule has 0 saturated heterocycles. The van der Waals surface area contributed by atoms with E-state index < -0.39 is 0 Å². The summed E-state index contributed by atoms with van der Waals surface area (Å²) in [7, 11) is 0. The minimum absolute atomic E-state index is 0.426. The zero-order chi connectivity index (χ0) is 11.4. The molecule has 1 aromatic carbocycles. The molecule has 0 amide bonds. The van der Waals surface area contributed by atoms with E-state index >= 15 is 0 Å². The van der Waals surface area contributed by atoms with Crippen LogP contribution in [0.25, 0.3) is 0 Å². The van der Waals surface area contributed by atoms with E-state index in [4.69, 9.17) is 4.74 Å². The van der Waals surface area contributed by atoms with Crippen LogP contribution in [0.3, 0.4) is 0 Å². The predicted molar refractivity (Wildman–Crippen MR) is 65.1 cm³/mol. The van der Waals surface area contributed by atoms with E-state index in [-0.39, 0.29) is 0 Å². The largest absolute Gasteiger partial charge is 0.508 e. The molecule has 0 aromatic heterocycles. The summed E-state index contributed by atoms with van der Waals surface area (Å²) in [4.78, 5) is 0. The van der Waals surface area contributed by atoms with Gasteiger partial charge in [0, 0.05) is 5.56 Å². The highest BCUT2D eigenvalue weighted by atomic mass is 16.5. The van der Waals surface area contributed by atoms with Gasteiger partial charge in [0.2, 0.25) is 0 Å². The first-order chi connectivity index (χ1) is 7.81. The fourth-order valence-electron chi connectivity index (χ4n) is 2.53. The van der Waals surface area contributed by atoms with Crippen molar-refractivity contribution in [3.8, 4) is 11.5 Å². The van der Waals surface area contributed by atoms with E-state index in [2.05, 4.69) is 0 Å². The molecule has 0 atom stereocenters. The number of ether oxygens (including phenoxy) is 1. The van der Waals surface area contributed by atoms with Gasteiger partial charge in [0.15, 0.2) is 0 Å². The van der Waals surface area contributed by atoms with Crippen LogP contribution in [0.4, 0.5) is 0 Å². The molecule has 0 spiro atoms. The summed E-state index contributed by atoms with van der Waals surface area (Å²) in [6, 6.07) is 5.61. The van der Waals surface area contributed by atoms with E-state index in [0.717, 1.165) is 11.3 Å². The van der Waals surface area contributed by atoms with Crippen LogP contribution in [0, 0.1) is 0 Å². The van der Waals surface area contributed by atoms with Crippen molar-refractivity contribution >= 4 is 0 Å². The molecule has 0 radical (unpaired) electrons. The highest BCUT2D eigenvalue weighted by Crippen LogP contribution is 2.38. The van der Waals surface area contributed by atoms with E-state index in [9.17, 15) is 5.11 Å². The van der Waals surface area contributed by atoms with Crippen molar-refractivity contribution in [2.24, 2.45) is 0 Å². The minimum atomic E-state index is 0.426. The number of aromatic hydroxyl groups is 1. The van der Waals surface area contributed by atoms with Crippen molar-refractivity contribution in [3.05, 3.63) is 23.8 Å². The van der Waals surface area contributed by atoms with E-state index in [1.54, 1.807) is 6.07 Å². The third-order valence-corrected chi connectivity index (χ3v) is 3.35. The Balaban J connectivity index is 2.19. The van der Waals surface area contributed by atoms with Gasteiger partial charge >= 0.3 is 0 Å². The normalized spacial score (nSPS) is 17.3. The molecule has 1 aromatic rings. The van der Waals surface area contributed by atoms with Gasteiger partial charge in [-0.05, 0) is 43.9 Å². The Bertz CT molecular complexity index is 341. The molecule has 0 unspecified atom stereocenters. The SMILES string of the molecule is CCOc1ccc(O)c(C2CCCCC2)c1. The molecule has 1 aliphatic rings. The zero-order valence-corrected chi connectivity index (χ0v) is 9.91. The van der Waals surface area contributed by atoms with Crippen LogP contribution < -0.4 is 4.74 Å². The average Bonchev–Trinajstić information content (AvgIpc) is 2.33. The van der Waals surface area contributed by atoms with Gasteiger partial charge in [-0.15, -0.1) is 0 Å². The van der Waals surface area contributed by atoms with Crippen LogP contribution in [0.1, 0.15) is 50.5 Å². The van der Waals surface area contributed by atoms with Crippen molar-refractivity contribution in [1.29, 1.82) is 0 Å². The standard InChI is InChI=1S/C14H20O2/c1-2-16-12-8-9-14(15)13(10-12)11-6-4-3-5-7-11/h8-11,15H,2-7H2,1H3. The van der Waals surface area contributed by atoms with Crippen LogP contribution in [-0.2, 0) is 0 Å². The van der Waals surface area contributed by atoms with Gasteiger partial charge in [0.25, 0.3) is 0 Å². The molecular weight excluding hydrogens is 200 g/mol. The van der Waals surface area contributed by atoms with Crippen LogP contribution in [0.15, 0.2) is 18.2 Å². The van der Waals surface area contributed by atoms with Gasteiger partial charge in [0.05, 0.1) is 6.61 Å². The quantitative estimate of drug-likeness (QED) is 0.838. The van der Waals surface area contributed by atoms with Gasteiger partial charge in [-0.1, -0.05) is 19.3 Å². The summed E-state index contributed by atoms with van der Waals surface area (Å²) >= 11 is 0. The monoisotopic (exact) mass is 220 g/mol. The molecule has 0 bridgehead atoms. The average molecular weight is 220 g/mol. The van der Waals surface area contributed by atoms with Crippen LogP contribution in [0.2, 0.25) is 0 Å². The maximum Gasteiger partial charge on any atom is 0.119 e. The summed E-state index contributed by atoms with van der Waals surface area (Å²) < 4.78 is 5.48. The molecular formula is C14H20O2. The zero-order valence-electron chi connectivity index (χ0n) is 9.91. The van der Waals surface area contributed by atoms with Crippen molar-refractivity contribution in [3.63, 3.8) is 0 Å². The number of rotatable bonds is 3. The predicted octanol–water partition coefficient (Wildman–Crippen LogP) is 3.84. The first kappa shape index (κ1) is 11.3. The summed E-state index contributed by atoms with van der Waals surface area (Å²) in [5, 5.41) is 9.90. The Morgan fingerprint density at radius 2 is 2.00 bits per heavy atom. The van der Waals surface area contributed by atoms with E-state index in [1.165, 1.54) is 32.1 Å². The van der Waals surface area contributed by atoms with Gasteiger partial charge in [0.1, 0.15) is 11.5 Å². The van der Waals surface area contributed by atoms with Gasteiger partial charge < -0.3 is 9.84 Å². The second-order valence-electron chi connectivity index (χ2n) is 4.49. The molecule has 1 saturated carbocycles. The molecule has 1 N–H and O–H groups in total. The lowest BCUT2D eigenvalue weighted by Crippen LogP contribution is -2.05. The highest BCUT2D eigenvalue weighted by Gasteiger charge is 2.18. The van der Waals surface area contributed by atoms with E-state index in [0.29, 0.717) is 18.3 Å². The Hall–Kier alpha value is -1.18. The number of benzene rings is 1. The first-order valence-corrected chi connectivity index (χ1v) is 6.27. The third-order valence-electron chi connectivity index (χ3n) is 3.35. The molecule has 2 rings (SSSR count). The number of hydrogen-bond acceptors (Lipinski definition) is 2. The third kappa shape index (κ3) is 2.49. The molecule has 88 valence electrons. The van der Waals surface area contributed by atoms with Crippen molar-refractivity contribution in [1.82, 2.24) is 0 Å². The maximum absolute atomic E-state index is 9.90. The van der Waals surface area contributed by atoms with Crippen LogP contribution in [-0.4, -0.2) is 11.7 Å². The Morgan fingerprint density at radius 3 is 2.69 bits per heavy atom. The molecule has 16 heavy (non-hydrogen) atoms. The molecule has 1 aliphatic carbocycles. The fraction of sp³-hybridized carbons (Fsp3) is 0.571. The van der Waals surface area contributed by atoms with Gasteiger partial charge in [-0.2, -0.15) is 0 Å². The summed E-state index contributed by atoms with van der Waals surface area (Å²) in [5.74, 6) is 1.82. The lowest BCUT2D eigenvalue weighted by Gasteiger charge is -2.23. The Kier molecular flexibility index (Phi) is 3.70. The molecule has 0 heterocycles. The van der Waals surface area contributed by atoms with E-state index in [1.807, 2.05) is 19.1 Å². The van der Waals surface area contributed by atoms with Crippen LogP contribution in [0.5, 0.6) is 11.5 Å². The smallest absolute Gasteiger partial charge is 0.119 e. The topological polar surface area (TPSA) is 29.5 Å². The molecule has 1 fully saturated rings. The lowest BCUT2D eigenvalue weighted by atomic mass is 9.83. The van der Waals surface area contributed by atoms with Gasteiger partial charge in [-0.3, -0.25) is 0 Å². The lowest BCUT2D eigenvalue weighted by molar-refractivity contribution is 0.337. The Labute approximate surface area is 97.3 Å². The van der Waals surface area contributed by atoms with Crippen LogP contribution >= 0.6 is 0 Å². The Morgan fingerprint density at radius 1 is 1.25 bits per heavy atom. The summed E-state index contributed by atoms with van der Waals surface area (Å²) in [6.45, 7) is 2.65. The summed E-state index contributed by atoms with van der Waals surface area (Å²) in [6.07, 6.45) is 6.29. The second kappa shape index (κ2) is 5.24. The number of hydrogen-bond donors (Lipinski definition) is 1. The number of phenolic OH excluding ortho intramolecular Hbond substituents is 1. The van der Waals surface area contributed by atoms with Gasteiger partial charge in [-0.25, -0.2) is 0 Å². The van der Waals surface area contributed by atoms with Crippen molar-refractivity contribution in [2.75, 3.05) is 6.61 Å². The molecule has 2 nitrogen and oxygen atoms in total. The minimum Gasteiger partial charge on any atom is -0.508 e. The number of phenols is 1. The summed E-state index contributed by atoms with van der Waals surface area (Å²) in [5.41, 5.74) is 1.07. The van der Waals surface area contributed by atoms with Crippen molar-refractivity contribution in [2.45, 2.75) is 44.9 Å². The van der Waals surface area contributed by atoms with Crippen molar-refractivity contribution < 1.29 is 9.84 Å². The first-order valence-electron chi connectivity index (χ1n) is 6.27. The second-order valence-corrected chi connectivity index (χ2v) is 4.49. The maximum atomic E-state index is 9.90. The molecule has 2 heteroatoms.